The van der Waals surface area contributed by atoms with Crippen molar-refractivity contribution in [3.05, 3.63) is 146 Å². The molecule has 0 saturated heterocycles. The van der Waals surface area contributed by atoms with Crippen LogP contribution in [0.1, 0.15) is 0 Å². The summed E-state index contributed by atoms with van der Waals surface area (Å²) in [5.74, 6) is 1.80. The number of hydrogen-bond acceptors (Lipinski definition) is 5. The van der Waals surface area contributed by atoms with Crippen LogP contribution < -0.4 is 26.3 Å². The van der Waals surface area contributed by atoms with E-state index in [9.17, 15) is 0 Å². The molecule has 1 aliphatic heterocycles. The molecule has 8 aromatic rings. The summed E-state index contributed by atoms with van der Waals surface area (Å²) in [5.41, 5.74) is 4.26. The zero-order chi connectivity index (χ0) is 32.5. The smallest absolute Gasteiger partial charge is 0.170 e. The Morgan fingerprint density at radius 1 is 0.500 bits per heavy atom. The van der Waals surface area contributed by atoms with E-state index >= 15 is 4.57 Å². The molecule has 0 fully saturated rings. The van der Waals surface area contributed by atoms with E-state index in [1.165, 1.54) is 5.19 Å². The second kappa shape index (κ2) is 10.8. The molecule has 1 atom stereocenters. The van der Waals surface area contributed by atoms with Crippen molar-refractivity contribution in [2.45, 2.75) is 13.1 Å². The first-order valence-electron chi connectivity index (χ1n) is 16.1. The summed E-state index contributed by atoms with van der Waals surface area (Å²) in [7, 11) is -5.39. The van der Waals surface area contributed by atoms with Gasteiger partial charge in [0.05, 0.1) is 0 Å². The van der Waals surface area contributed by atoms with Crippen LogP contribution in [0.25, 0.3) is 56.1 Å². The fourth-order valence-electron chi connectivity index (χ4n) is 7.12. The molecule has 0 amide bonds. The van der Waals surface area contributed by atoms with Gasteiger partial charge in [0.1, 0.15) is 19.2 Å². The van der Waals surface area contributed by atoms with Gasteiger partial charge in [0.2, 0.25) is 0 Å². The molecule has 0 bridgehead atoms. The van der Waals surface area contributed by atoms with Crippen LogP contribution >= 0.6 is 7.14 Å². The zero-order valence-corrected chi connectivity index (χ0v) is 28.4. The molecule has 0 spiro atoms. The Balaban J connectivity index is 1.28. The molecule has 0 saturated carbocycles. The molecule has 6 aromatic carbocycles. The first-order valence-corrected chi connectivity index (χ1v) is 20.8. The molecule has 230 valence electrons. The number of nitrogens with zero attached hydrogens (tertiary/aromatic N) is 3. The molecule has 1 aliphatic rings. The van der Waals surface area contributed by atoms with Gasteiger partial charge in [-0.05, 0) is 40.7 Å². The second-order valence-corrected chi connectivity index (χ2v) is 19.8. The van der Waals surface area contributed by atoms with E-state index in [4.69, 9.17) is 19.4 Å². The molecule has 5 nitrogen and oxygen atoms in total. The highest BCUT2D eigenvalue weighted by Gasteiger charge is 2.46. The lowest BCUT2D eigenvalue weighted by Crippen LogP contribution is -2.67. The predicted octanol–water partition coefficient (Wildman–Crippen LogP) is 7.55. The third-order valence-electron chi connectivity index (χ3n) is 9.59. The van der Waals surface area contributed by atoms with E-state index in [0.717, 1.165) is 59.7 Å². The van der Waals surface area contributed by atoms with Crippen molar-refractivity contribution in [2.24, 2.45) is 0 Å². The van der Waals surface area contributed by atoms with Crippen molar-refractivity contribution in [2.75, 3.05) is 0 Å². The Bertz CT molecular complexity index is 2510. The van der Waals surface area contributed by atoms with Crippen LogP contribution in [0.2, 0.25) is 13.1 Å². The van der Waals surface area contributed by atoms with Gasteiger partial charge in [0.25, 0.3) is 0 Å². The highest BCUT2D eigenvalue weighted by Crippen LogP contribution is 2.45. The molecule has 48 heavy (non-hydrogen) atoms. The van der Waals surface area contributed by atoms with Crippen LogP contribution in [0, 0.1) is 0 Å². The van der Waals surface area contributed by atoms with Gasteiger partial charge in [0.15, 0.2) is 24.6 Å². The molecule has 0 aliphatic carbocycles. The third-order valence-corrected chi connectivity index (χ3v) is 16.7. The molecule has 0 N–H and O–H groups in total. The minimum absolute atomic E-state index is 0.578. The number of fused-ring (bicyclic) bond motifs is 5. The lowest BCUT2D eigenvalue weighted by molar-refractivity contribution is 0.592. The lowest BCUT2D eigenvalue weighted by Gasteiger charge is -2.38. The standard InChI is InChI=1S/C41H30N3O2PSi/c1-48(2)37-21-13-12-20-35(37)47(45,30-18-10-5-11-19-30)36-25-32-31-24-29(22-23-33(31)46-34(32)26-38(36)48)41-43-39(27-14-6-3-7-15-27)42-40(44-41)28-16-8-4-9-17-28/h3-26H,1-2H3. The number of furan rings is 1. The number of hydrogen-bond donors (Lipinski definition) is 0. The fourth-order valence-corrected chi connectivity index (χ4v) is 15.3. The van der Waals surface area contributed by atoms with E-state index in [2.05, 4.69) is 49.5 Å². The summed E-state index contributed by atoms with van der Waals surface area (Å²) in [5, 5.41) is 6.99. The summed E-state index contributed by atoms with van der Waals surface area (Å²) in [6, 6.07) is 48.7. The Hall–Kier alpha value is -5.42. The summed E-state index contributed by atoms with van der Waals surface area (Å²) in [6.07, 6.45) is 0. The largest absolute Gasteiger partial charge is 0.456 e. The summed E-state index contributed by atoms with van der Waals surface area (Å²) < 4.78 is 22.2. The van der Waals surface area contributed by atoms with Crippen molar-refractivity contribution >= 4 is 63.4 Å². The van der Waals surface area contributed by atoms with Crippen molar-refractivity contribution in [3.63, 3.8) is 0 Å². The molecule has 7 heteroatoms. The van der Waals surface area contributed by atoms with E-state index in [0.29, 0.717) is 17.5 Å². The van der Waals surface area contributed by atoms with Crippen molar-refractivity contribution < 1.29 is 8.98 Å². The topological polar surface area (TPSA) is 68.9 Å². The van der Waals surface area contributed by atoms with Crippen LogP contribution in [0.15, 0.2) is 150 Å². The van der Waals surface area contributed by atoms with Crippen molar-refractivity contribution in [1.29, 1.82) is 0 Å². The van der Waals surface area contributed by atoms with Gasteiger partial charge in [0, 0.05) is 43.4 Å². The first kappa shape index (κ1) is 28.8. The lowest BCUT2D eigenvalue weighted by atomic mass is 10.1. The van der Waals surface area contributed by atoms with Gasteiger partial charge in [-0.15, -0.1) is 0 Å². The molecule has 9 rings (SSSR count). The van der Waals surface area contributed by atoms with E-state index in [-0.39, 0.29) is 0 Å². The van der Waals surface area contributed by atoms with Gasteiger partial charge < -0.3 is 8.98 Å². The van der Waals surface area contributed by atoms with Crippen LogP contribution in [-0.4, -0.2) is 23.0 Å². The van der Waals surface area contributed by atoms with Gasteiger partial charge in [-0.3, -0.25) is 0 Å². The van der Waals surface area contributed by atoms with Gasteiger partial charge >= 0.3 is 0 Å². The maximum atomic E-state index is 15.7. The molecule has 1 unspecified atom stereocenters. The predicted molar refractivity (Wildman–Crippen MR) is 200 cm³/mol. The van der Waals surface area contributed by atoms with E-state index in [1.54, 1.807) is 0 Å². The number of benzene rings is 6. The highest BCUT2D eigenvalue weighted by atomic mass is 31.2. The van der Waals surface area contributed by atoms with Crippen molar-refractivity contribution in [1.82, 2.24) is 15.0 Å². The van der Waals surface area contributed by atoms with E-state index in [1.807, 2.05) is 109 Å². The Morgan fingerprint density at radius 3 is 1.69 bits per heavy atom. The zero-order valence-electron chi connectivity index (χ0n) is 26.5. The highest BCUT2D eigenvalue weighted by molar-refractivity contribution is 7.87. The SMILES string of the molecule is C[Si]1(C)c2ccccc2P(=O)(c2ccccc2)c2cc3c(cc21)oc1ccc(-c2nc(-c4ccccc4)nc(-c4ccccc4)n2)cc13. The third kappa shape index (κ3) is 4.37. The normalized spacial score (nSPS) is 16.5. The Kier molecular flexibility index (Phi) is 6.48. The minimum atomic E-state index is -3.17. The van der Waals surface area contributed by atoms with Crippen LogP contribution in [0.4, 0.5) is 0 Å². The summed E-state index contributed by atoms with van der Waals surface area (Å²) in [4.78, 5) is 14.8. The van der Waals surface area contributed by atoms with Crippen LogP contribution in [0.3, 0.4) is 0 Å². The average Bonchev–Trinajstić information content (AvgIpc) is 3.51. The quantitative estimate of drug-likeness (QED) is 0.145. The molecule has 2 aromatic heterocycles. The van der Waals surface area contributed by atoms with Gasteiger partial charge in [-0.2, -0.15) is 0 Å². The van der Waals surface area contributed by atoms with Crippen LogP contribution in [-0.2, 0) is 4.57 Å². The Morgan fingerprint density at radius 2 is 1.04 bits per heavy atom. The molecule has 3 heterocycles. The number of aromatic nitrogens is 3. The molecular formula is C41H30N3O2PSi. The summed E-state index contributed by atoms with van der Waals surface area (Å²) >= 11 is 0. The minimum Gasteiger partial charge on any atom is -0.456 e. The van der Waals surface area contributed by atoms with Crippen LogP contribution in [0.5, 0.6) is 0 Å². The maximum absolute atomic E-state index is 15.7. The second-order valence-electron chi connectivity index (χ2n) is 12.8. The molecular weight excluding hydrogens is 626 g/mol. The van der Waals surface area contributed by atoms with Crippen molar-refractivity contribution in [3.8, 4) is 34.2 Å². The fraction of sp³-hybridized carbons (Fsp3) is 0.0488. The first-order chi connectivity index (χ1) is 23.4. The Labute approximate surface area is 279 Å². The maximum Gasteiger partial charge on any atom is 0.170 e. The van der Waals surface area contributed by atoms with E-state index < -0.39 is 15.2 Å². The monoisotopic (exact) mass is 655 g/mol. The number of rotatable bonds is 4. The van der Waals surface area contributed by atoms with Gasteiger partial charge in [-0.25, -0.2) is 15.0 Å². The summed E-state index contributed by atoms with van der Waals surface area (Å²) in [6.45, 7) is 4.70. The van der Waals surface area contributed by atoms with Gasteiger partial charge in [-0.1, -0.05) is 128 Å². The molecule has 0 radical (unpaired) electrons. The average molecular weight is 656 g/mol.